The van der Waals surface area contributed by atoms with Gasteiger partial charge in [0, 0.05) is 23.6 Å². The Bertz CT molecular complexity index is 892. The molecule has 0 spiro atoms. The third-order valence-electron chi connectivity index (χ3n) is 3.90. The fraction of sp³-hybridized carbons (Fsp3) is 0.167. The van der Waals surface area contributed by atoms with E-state index in [-0.39, 0.29) is 22.8 Å². The van der Waals surface area contributed by atoms with E-state index < -0.39 is 5.91 Å². The van der Waals surface area contributed by atoms with E-state index in [0.717, 1.165) is 16.5 Å². The van der Waals surface area contributed by atoms with Crippen LogP contribution < -0.4 is 5.32 Å². The van der Waals surface area contributed by atoms with Crippen molar-refractivity contribution in [1.82, 2.24) is 10.3 Å². The van der Waals surface area contributed by atoms with Gasteiger partial charge in [0.2, 0.25) is 0 Å². The summed E-state index contributed by atoms with van der Waals surface area (Å²) >= 11 is 0. The minimum Gasteiger partial charge on any atom is -0.508 e. The van der Waals surface area contributed by atoms with Crippen molar-refractivity contribution in [3.05, 3.63) is 53.2 Å². The van der Waals surface area contributed by atoms with Crippen LogP contribution in [-0.4, -0.2) is 32.8 Å². The second-order valence-electron chi connectivity index (χ2n) is 5.73. The molecule has 6 nitrogen and oxygen atoms in total. The van der Waals surface area contributed by atoms with Crippen LogP contribution in [0.2, 0.25) is 0 Å². The molecule has 0 aliphatic heterocycles. The summed E-state index contributed by atoms with van der Waals surface area (Å²) in [7, 11) is 0. The van der Waals surface area contributed by atoms with Gasteiger partial charge in [-0.3, -0.25) is 4.79 Å². The van der Waals surface area contributed by atoms with E-state index in [1.54, 1.807) is 25.1 Å². The molecule has 124 valence electrons. The molecule has 0 aliphatic rings. The van der Waals surface area contributed by atoms with Gasteiger partial charge in [-0.25, -0.2) is 0 Å². The molecule has 0 saturated carbocycles. The van der Waals surface area contributed by atoms with E-state index in [0.29, 0.717) is 18.5 Å². The van der Waals surface area contributed by atoms with Gasteiger partial charge in [0.15, 0.2) is 0 Å². The predicted molar refractivity (Wildman–Crippen MR) is 90.5 cm³/mol. The van der Waals surface area contributed by atoms with Gasteiger partial charge in [0.1, 0.15) is 22.8 Å². The van der Waals surface area contributed by atoms with Crippen LogP contribution in [0.3, 0.4) is 0 Å². The first-order valence-corrected chi connectivity index (χ1v) is 7.55. The maximum atomic E-state index is 12.2. The van der Waals surface area contributed by atoms with Crippen molar-refractivity contribution < 1.29 is 20.1 Å². The van der Waals surface area contributed by atoms with Crippen molar-refractivity contribution in [3.8, 4) is 17.2 Å². The molecule has 1 aromatic heterocycles. The SMILES string of the molecule is Cc1cc(O)c(C(=O)NCCc2c[nH]c3ccc(O)cc23)c(O)c1. The van der Waals surface area contributed by atoms with Gasteiger partial charge >= 0.3 is 0 Å². The number of benzene rings is 2. The predicted octanol–water partition coefficient (Wildman–Crippen LogP) is 2.57. The zero-order chi connectivity index (χ0) is 17.3. The quantitative estimate of drug-likeness (QED) is 0.508. The third-order valence-corrected chi connectivity index (χ3v) is 3.90. The normalized spacial score (nSPS) is 10.9. The number of phenols is 3. The highest BCUT2D eigenvalue weighted by molar-refractivity contribution is 5.99. The molecule has 1 amide bonds. The fourth-order valence-electron chi connectivity index (χ4n) is 2.75. The summed E-state index contributed by atoms with van der Waals surface area (Å²) in [5, 5.41) is 32.8. The number of hydrogen-bond donors (Lipinski definition) is 5. The first-order chi connectivity index (χ1) is 11.5. The molecule has 0 radical (unpaired) electrons. The molecule has 0 atom stereocenters. The number of carbonyl (C=O) groups is 1. The average Bonchev–Trinajstić information content (AvgIpc) is 2.88. The van der Waals surface area contributed by atoms with E-state index >= 15 is 0 Å². The van der Waals surface area contributed by atoms with Gasteiger partial charge in [-0.2, -0.15) is 0 Å². The minimum atomic E-state index is -0.535. The molecule has 24 heavy (non-hydrogen) atoms. The minimum absolute atomic E-state index is 0.128. The number of aromatic nitrogens is 1. The van der Waals surface area contributed by atoms with Crippen molar-refractivity contribution in [2.24, 2.45) is 0 Å². The topological polar surface area (TPSA) is 106 Å². The second-order valence-corrected chi connectivity index (χ2v) is 5.73. The van der Waals surface area contributed by atoms with Crippen LogP contribution in [0.15, 0.2) is 36.5 Å². The van der Waals surface area contributed by atoms with Crippen molar-refractivity contribution in [1.29, 1.82) is 0 Å². The Kier molecular flexibility index (Phi) is 4.04. The monoisotopic (exact) mass is 326 g/mol. The lowest BCUT2D eigenvalue weighted by Crippen LogP contribution is -2.25. The van der Waals surface area contributed by atoms with Gasteiger partial charge < -0.3 is 25.6 Å². The number of hydrogen-bond acceptors (Lipinski definition) is 4. The van der Waals surface area contributed by atoms with Gasteiger partial charge in [0.05, 0.1) is 0 Å². The Morgan fingerprint density at radius 3 is 2.54 bits per heavy atom. The zero-order valence-corrected chi connectivity index (χ0v) is 13.1. The van der Waals surface area contributed by atoms with Crippen LogP contribution in [0.4, 0.5) is 0 Å². The standard InChI is InChI=1S/C18H18N2O4/c1-10-6-15(22)17(16(23)7-10)18(24)19-5-4-11-9-20-14-3-2-12(21)8-13(11)14/h2-3,6-9,20-23H,4-5H2,1H3,(H,19,24). The summed E-state index contributed by atoms with van der Waals surface area (Å²) < 4.78 is 0. The molecule has 0 aliphatic carbocycles. The molecule has 1 heterocycles. The summed E-state index contributed by atoms with van der Waals surface area (Å²) in [6.07, 6.45) is 2.37. The van der Waals surface area contributed by atoms with Gasteiger partial charge in [0.25, 0.3) is 5.91 Å². The van der Waals surface area contributed by atoms with Crippen LogP contribution in [0.1, 0.15) is 21.5 Å². The molecule has 6 heteroatoms. The Morgan fingerprint density at radius 1 is 1.12 bits per heavy atom. The lowest BCUT2D eigenvalue weighted by molar-refractivity contribution is 0.0948. The summed E-state index contributed by atoms with van der Waals surface area (Å²) in [6.45, 7) is 2.04. The van der Waals surface area contributed by atoms with E-state index in [1.165, 1.54) is 12.1 Å². The Morgan fingerprint density at radius 2 is 1.83 bits per heavy atom. The maximum absolute atomic E-state index is 12.2. The number of carbonyl (C=O) groups excluding carboxylic acids is 1. The molecular formula is C18H18N2O4. The Labute approximate surface area is 138 Å². The average molecular weight is 326 g/mol. The first-order valence-electron chi connectivity index (χ1n) is 7.55. The number of aromatic hydroxyl groups is 3. The summed E-state index contributed by atoms with van der Waals surface area (Å²) in [6, 6.07) is 7.91. The van der Waals surface area contributed by atoms with Crippen molar-refractivity contribution in [2.75, 3.05) is 6.54 Å². The number of rotatable bonds is 4. The fourth-order valence-corrected chi connectivity index (χ4v) is 2.75. The van der Waals surface area contributed by atoms with Crippen molar-refractivity contribution >= 4 is 16.8 Å². The Balaban J connectivity index is 1.70. The smallest absolute Gasteiger partial charge is 0.258 e. The van der Waals surface area contributed by atoms with Crippen LogP contribution >= 0.6 is 0 Å². The Hall–Kier alpha value is -3.15. The molecule has 2 aromatic carbocycles. The largest absolute Gasteiger partial charge is 0.508 e. The van der Waals surface area contributed by atoms with E-state index in [4.69, 9.17) is 0 Å². The number of fused-ring (bicyclic) bond motifs is 1. The van der Waals surface area contributed by atoms with Gasteiger partial charge in [-0.15, -0.1) is 0 Å². The molecule has 5 N–H and O–H groups in total. The molecule has 3 aromatic rings. The van der Waals surface area contributed by atoms with Crippen molar-refractivity contribution in [3.63, 3.8) is 0 Å². The number of amides is 1. The van der Waals surface area contributed by atoms with Crippen molar-refractivity contribution in [2.45, 2.75) is 13.3 Å². The number of H-pyrrole nitrogens is 1. The van der Waals surface area contributed by atoms with Gasteiger partial charge in [-0.1, -0.05) is 0 Å². The maximum Gasteiger partial charge on any atom is 0.258 e. The molecule has 3 rings (SSSR count). The third kappa shape index (κ3) is 2.99. The number of aromatic amines is 1. The molecular weight excluding hydrogens is 308 g/mol. The van der Waals surface area contributed by atoms with Crippen LogP contribution in [0.5, 0.6) is 17.2 Å². The molecule has 0 saturated heterocycles. The number of nitrogens with one attached hydrogen (secondary N) is 2. The summed E-state index contributed by atoms with van der Waals surface area (Å²) in [5.74, 6) is -0.849. The second kappa shape index (κ2) is 6.16. The van der Waals surface area contributed by atoms with Crippen LogP contribution in [0.25, 0.3) is 10.9 Å². The number of phenolic OH excluding ortho intramolecular Hbond substituents is 3. The molecule has 0 bridgehead atoms. The van der Waals surface area contributed by atoms with E-state index in [2.05, 4.69) is 10.3 Å². The van der Waals surface area contributed by atoms with Crippen LogP contribution in [-0.2, 0) is 6.42 Å². The van der Waals surface area contributed by atoms with E-state index in [9.17, 15) is 20.1 Å². The highest BCUT2D eigenvalue weighted by Gasteiger charge is 2.16. The zero-order valence-electron chi connectivity index (χ0n) is 13.1. The van der Waals surface area contributed by atoms with Gasteiger partial charge in [-0.05, 0) is 54.8 Å². The summed E-state index contributed by atoms with van der Waals surface area (Å²) in [5.41, 5.74) is 2.40. The molecule has 0 unspecified atom stereocenters. The summed E-state index contributed by atoms with van der Waals surface area (Å²) in [4.78, 5) is 15.3. The highest BCUT2D eigenvalue weighted by Crippen LogP contribution is 2.28. The van der Waals surface area contributed by atoms with E-state index in [1.807, 2.05) is 6.20 Å². The van der Waals surface area contributed by atoms with Crippen LogP contribution in [0, 0.1) is 6.92 Å². The first kappa shape index (κ1) is 15.7. The molecule has 0 fully saturated rings. The highest BCUT2D eigenvalue weighted by atomic mass is 16.3. The lowest BCUT2D eigenvalue weighted by Gasteiger charge is -2.09. The lowest BCUT2D eigenvalue weighted by atomic mass is 10.1. The number of aryl methyl sites for hydroxylation is 1.